The van der Waals surface area contributed by atoms with Gasteiger partial charge in [0.05, 0.1) is 12.8 Å². The molecule has 0 aliphatic heterocycles. The molecule has 186 valence electrons. The number of ketones is 1. The maximum Gasteiger partial charge on any atom is 0.287 e. The first-order valence-electron chi connectivity index (χ1n) is 11.9. The van der Waals surface area contributed by atoms with Gasteiger partial charge >= 0.3 is 0 Å². The number of rotatable bonds is 9. The van der Waals surface area contributed by atoms with Crippen molar-refractivity contribution in [1.82, 2.24) is 15.6 Å². The summed E-state index contributed by atoms with van der Waals surface area (Å²) in [6.07, 6.45) is 8.34. The van der Waals surface area contributed by atoms with Gasteiger partial charge in [-0.15, -0.1) is 0 Å². The Morgan fingerprint density at radius 3 is 2.33 bits per heavy atom. The van der Waals surface area contributed by atoms with Gasteiger partial charge in [-0.05, 0) is 73.9 Å². The average Bonchev–Trinajstić information content (AvgIpc) is 3.61. The Morgan fingerprint density at radius 1 is 1.03 bits per heavy atom. The van der Waals surface area contributed by atoms with E-state index in [1.54, 1.807) is 54.9 Å². The molecule has 1 fully saturated rings. The maximum atomic E-state index is 13.6. The van der Waals surface area contributed by atoms with E-state index >= 15 is 0 Å². The number of benzene rings is 1. The van der Waals surface area contributed by atoms with Crippen LogP contribution in [0.4, 0.5) is 5.69 Å². The molecule has 0 saturated heterocycles. The Morgan fingerprint density at radius 2 is 1.72 bits per heavy atom. The molecule has 0 unspecified atom stereocenters. The quantitative estimate of drug-likeness (QED) is 0.445. The molecule has 1 aromatic carbocycles. The van der Waals surface area contributed by atoms with Crippen molar-refractivity contribution < 1.29 is 23.6 Å². The van der Waals surface area contributed by atoms with Gasteiger partial charge < -0.3 is 15.1 Å². The number of carbonyl (C=O) groups excluding carboxylic acids is 4. The topological polar surface area (TPSA) is 122 Å². The number of anilines is 1. The van der Waals surface area contributed by atoms with Crippen molar-refractivity contribution in [3.63, 3.8) is 0 Å². The van der Waals surface area contributed by atoms with Crippen LogP contribution in [0.15, 0.2) is 71.6 Å². The van der Waals surface area contributed by atoms with Crippen molar-refractivity contribution in [3.8, 4) is 0 Å². The molecule has 3 aromatic rings. The summed E-state index contributed by atoms with van der Waals surface area (Å²) in [6.45, 7) is 1.09. The van der Waals surface area contributed by atoms with Crippen LogP contribution in [0.25, 0.3) is 0 Å². The number of pyridine rings is 1. The van der Waals surface area contributed by atoms with E-state index in [9.17, 15) is 19.2 Å². The van der Waals surface area contributed by atoms with E-state index in [1.807, 2.05) is 0 Å². The van der Waals surface area contributed by atoms with Gasteiger partial charge in [-0.25, -0.2) is 0 Å². The molecule has 0 bridgehead atoms. The maximum absolute atomic E-state index is 13.6. The molecule has 0 spiro atoms. The van der Waals surface area contributed by atoms with Crippen LogP contribution in [0.5, 0.6) is 0 Å². The van der Waals surface area contributed by atoms with Gasteiger partial charge in [0, 0.05) is 29.7 Å². The summed E-state index contributed by atoms with van der Waals surface area (Å²) < 4.78 is 5.10. The molecule has 2 N–H and O–H groups in total. The number of Topliss-reactive ketones (excluding diaryl/α,β-unsaturated/α-hetero) is 1. The second-order valence-electron chi connectivity index (χ2n) is 8.70. The normalized spacial score (nSPS) is 14.1. The smallest absolute Gasteiger partial charge is 0.287 e. The first-order valence-corrected chi connectivity index (χ1v) is 11.9. The van der Waals surface area contributed by atoms with E-state index in [1.165, 1.54) is 24.2 Å². The monoisotopic (exact) mass is 488 g/mol. The Hall–Kier alpha value is -4.27. The Labute approximate surface area is 208 Å². The number of nitrogens with one attached hydrogen (secondary N) is 2. The van der Waals surface area contributed by atoms with E-state index in [4.69, 9.17) is 4.42 Å². The van der Waals surface area contributed by atoms with Crippen LogP contribution >= 0.6 is 0 Å². The lowest BCUT2D eigenvalue weighted by atomic mass is 10.0. The molecular formula is C27H28N4O5. The van der Waals surface area contributed by atoms with Gasteiger partial charge in [-0.3, -0.25) is 29.1 Å². The zero-order valence-electron chi connectivity index (χ0n) is 20.0. The van der Waals surface area contributed by atoms with Crippen molar-refractivity contribution in [1.29, 1.82) is 0 Å². The average molecular weight is 489 g/mol. The molecule has 3 amide bonds. The van der Waals surface area contributed by atoms with E-state index < -0.39 is 17.9 Å². The van der Waals surface area contributed by atoms with Crippen LogP contribution in [-0.2, 0) is 9.59 Å². The van der Waals surface area contributed by atoms with E-state index in [-0.39, 0.29) is 30.0 Å². The number of hydrogen-bond donors (Lipinski definition) is 2. The lowest BCUT2D eigenvalue weighted by Crippen LogP contribution is -2.49. The standard InChI is InChI=1S/C27H28N4O5/c1-18(32)19-8-10-22(11-9-19)31(24(33)17-29-26(34)23-7-4-16-36-23)25(20-12-14-28-15-13-20)27(35)30-21-5-2-3-6-21/h4,7-16,21,25H,2-3,5-6,17H2,1H3,(H,29,34)(H,30,35)/t25-/m0/s1. The SMILES string of the molecule is CC(=O)c1ccc(N(C(=O)CNC(=O)c2ccco2)[C@H](C(=O)NC2CCCC2)c2ccncc2)cc1. The number of hydrogen-bond acceptors (Lipinski definition) is 6. The van der Waals surface area contributed by atoms with Crippen LogP contribution in [-0.4, -0.2) is 41.1 Å². The molecule has 4 rings (SSSR count). The molecule has 2 aromatic heterocycles. The van der Waals surface area contributed by atoms with Crippen molar-refractivity contribution in [2.24, 2.45) is 0 Å². The van der Waals surface area contributed by atoms with Gasteiger partial charge in [0.2, 0.25) is 11.8 Å². The summed E-state index contributed by atoms with van der Waals surface area (Å²) in [5.74, 6) is -1.42. The number of aromatic nitrogens is 1. The summed E-state index contributed by atoms with van der Waals surface area (Å²) in [5.41, 5.74) is 1.47. The molecule has 1 aliphatic carbocycles. The van der Waals surface area contributed by atoms with Crippen molar-refractivity contribution in [2.75, 3.05) is 11.4 Å². The summed E-state index contributed by atoms with van der Waals surface area (Å²) in [6, 6.07) is 11.9. The largest absolute Gasteiger partial charge is 0.459 e. The van der Waals surface area contributed by atoms with E-state index in [0.717, 1.165) is 25.7 Å². The second kappa shape index (κ2) is 11.4. The Kier molecular flexibility index (Phi) is 7.89. The minimum Gasteiger partial charge on any atom is -0.459 e. The lowest BCUT2D eigenvalue weighted by Gasteiger charge is -2.32. The van der Waals surface area contributed by atoms with Gasteiger partial charge in [-0.2, -0.15) is 0 Å². The lowest BCUT2D eigenvalue weighted by molar-refractivity contribution is -0.126. The minimum absolute atomic E-state index is 0.0394. The fraction of sp³-hybridized carbons (Fsp3) is 0.296. The fourth-order valence-corrected chi connectivity index (χ4v) is 4.34. The Balaban J connectivity index is 1.68. The molecule has 1 saturated carbocycles. The van der Waals surface area contributed by atoms with Crippen molar-refractivity contribution in [2.45, 2.75) is 44.7 Å². The van der Waals surface area contributed by atoms with Crippen LogP contribution < -0.4 is 15.5 Å². The molecule has 0 radical (unpaired) electrons. The molecule has 9 nitrogen and oxygen atoms in total. The second-order valence-corrected chi connectivity index (χ2v) is 8.70. The predicted molar refractivity (Wildman–Crippen MR) is 132 cm³/mol. The third-order valence-corrected chi connectivity index (χ3v) is 6.20. The summed E-state index contributed by atoms with van der Waals surface area (Å²) in [4.78, 5) is 56.8. The highest BCUT2D eigenvalue weighted by molar-refractivity contribution is 6.04. The molecule has 9 heteroatoms. The number of amides is 3. The summed E-state index contributed by atoms with van der Waals surface area (Å²) in [7, 11) is 0. The zero-order valence-corrected chi connectivity index (χ0v) is 20.0. The van der Waals surface area contributed by atoms with Crippen molar-refractivity contribution >= 4 is 29.2 Å². The molecular weight excluding hydrogens is 460 g/mol. The molecule has 1 aliphatic rings. The van der Waals surface area contributed by atoms with E-state index in [0.29, 0.717) is 16.8 Å². The molecule has 1 atom stereocenters. The zero-order chi connectivity index (χ0) is 25.5. The van der Waals surface area contributed by atoms with Crippen molar-refractivity contribution in [3.05, 3.63) is 84.1 Å². The third-order valence-electron chi connectivity index (χ3n) is 6.20. The molecule has 36 heavy (non-hydrogen) atoms. The third kappa shape index (κ3) is 5.86. The number of furan rings is 1. The first-order chi connectivity index (χ1) is 17.4. The van der Waals surface area contributed by atoms with Gasteiger partial charge in [0.1, 0.15) is 6.04 Å². The highest BCUT2D eigenvalue weighted by Gasteiger charge is 2.34. The number of carbonyl (C=O) groups is 4. The number of nitrogens with zero attached hydrogens (tertiary/aromatic N) is 2. The van der Waals surface area contributed by atoms with Crippen LogP contribution in [0.3, 0.4) is 0 Å². The fourth-order valence-electron chi connectivity index (χ4n) is 4.34. The first kappa shape index (κ1) is 24.8. The molecule has 2 heterocycles. The summed E-state index contributed by atoms with van der Waals surface area (Å²) >= 11 is 0. The highest BCUT2D eigenvalue weighted by atomic mass is 16.3. The van der Waals surface area contributed by atoms with Crippen LogP contribution in [0, 0.1) is 0 Å². The van der Waals surface area contributed by atoms with Crippen LogP contribution in [0.2, 0.25) is 0 Å². The Bertz CT molecular complexity index is 1200. The van der Waals surface area contributed by atoms with Crippen LogP contribution in [0.1, 0.15) is 65.1 Å². The van der Waals surface area contributed by atoms with Gasteiger partial charge in [-0.1, -0.05) is 12.8 Å². The van der Waals surface area contributed by atoms with E-state index in [2.05, 4.69) is 15.6 Å². The van der Waals surface area contributed by atoms with Gasteiger partial charge in [0.15, 0.2) is 11.5 Å². The van der Waals surface area contributed by atoms with Gasteiger partial charge in [0.25, 0.3) is 5.91 Å². The summed E-state index contributed by atoms with van der Waals surface area (Å²) in [5, 5.41) is 5.65. The predicted octanol–water partition coefficient (Wildman–Crippen LogP) is 3.44. The highest BCUT2D eigenvalue weighted by Crippen LogP contribution is 2.29. The minimum atomic E-state index is -1.01.